The Morgan fingerprint density at radius 1 is 1.36 bits per heavy atom. The van der Waals surface area contributed by atoms with E-state index in [9.17, 15) is 5.11 Å². The number of aliphatic hydroxyl groups excluding tert-OH is 1. The van der Waals surface area contributed by atoms with Crippen LogP contribution in [0.5, 0.6) is 0 Å². The first-order valence-electron chi connectivity index (χ1n) is 4.25. The molecule has 0 spiro atoms. The van der Waals surface area contributed by atoms with Crippen LogP contribution in [-0.2, 0) is 4.74 Å². The molecule has 68 valence electrons. The van der Waals surface area contributed by atoms with Gasteiger partial charge in [-0.3, -0.25) is 0 Å². The summed E-state index contributed by atoms with van der Waals surface area (Å²) in [5.41, 5.74) is -0.205. The van der Waals surface area contributed by atoms with Gasteiger partial charge in [-0.05, 0) is 20.3 Å². The molecule has 0 aromatic carbocycles. The molecule has 2 heteroatoms. The fourth-order valence-corrected chi connectivity index (χ4v) is 0.546. The molecular formula is C9H20O2. The van der Waals surface area contributed by atoms with E-state index in [0.717, 1.165) is 6.42 Å². The van der Waals surface area contributed by atoms with E-state index < -0.39 is 6.29 Å². The SMILES string of the molecule is CCC(C)(C)O[C@@H](O)C(C)C. The van der Waals surface area contributed by atoms with Crippen LogP contribution in [0.15, 0.2) is 0 Å². The van der Waals surface area contributed by atoms with Gasteiger partial charge in [-0.25, -0.2) is 0 Å². The average molecular weight is 160 g/mol. The fourth-order valence-electron chi connectivity index (χ4n) is 0.546. The van der Waals surface area contributed by atoms with Crippen LogP contribution in [-0.4, -0.2) is 17.0 Å². The highest BCUT2D eigenvalue weighted by atomic mass is 16.6. The molecule has 0 heterocycles. The summed E-state index contributed by atoms with van der Waals surface area (Å²) in [6.45, 7) is 9.90. The standard InChI is InChI=1S/C9H20O2/c1-6-9(4,5)11-8(10)7(2)3/h7-8,10H,6H2,1-5H3/t8-/m1/s1. The Morgan fingerprint density at radius 2 is 1.82 bits per heavy atom. The monoisotopic (exact) mass is 160 g/mol. The van der Waals surface area contributed by atoms with E-state index in [-0.39, 0.29) is 11.5 Å². The van der Waals surface area contributed by atoms with E-state index in [1.807, 2.05) is 34.6 Å². The van der Waals surface area contributed by atoms with Crippen LogP contribution in [0.2, 0.25) is 0 Å². The van der Waals surface area contributed by atoms with Crippen molar-refractivity contribution in [2.24, 2.45) is 5.92 Å². The predicted molar refractivity (Wildman–Crippen MR) is 46.3 cm³/mol. The smallest absolute Gasteiger partial charge is 0.157 e. The molecule has 0 bridgehead atoms. The zero-order chi connectivity index (χ0) is 9.07. The second kappa shape index (κ2) is 4.07. The highest BCUT2D eigenvalue weighted by Gasteiger charge is 2.21. The predicted octanol–water partition coefficient (Wildman–Crippen LogP) is 2.17. The summed E-state index contributed by atoms with van der Waals surface area (Å²) in [4.78, 5) is 0. The van der Waals surface area contributed by atoms with E-state index >= 15 is 0 Å². The van der Waals surface area contributed by atoms with Crippen molar-refractivity contribution in [3.8, 4) is 0 Å². The molecule has 0 rings (SSSR count). The van der Waals surface area contributed by atoms with Gasteiger partial charge in [0.25, 0.3) is 0 Å². The van der Waals surface area contributed by atoms with Crippen molar-refractivity contribution < 1.29 is 9.84 Å². The molecule has 0 saturated heterocycles. The van der Waals surface area contributed by atoms with Gasteiger partial charge in [0.05, 0.1) is 5.60 Å². The van der Waals surface area contributed by atoms with Crippen LogP contribution < -0.4 is 0 Å². The summed E-state index contributed by atoms with van der Waals surface area (Å²) in [5.74, 6) is 0.167. The summed E-state index contributed by atoms with van der Waals surface area (Å²) in [7, 11) is 0. The number of hydrogen-bond donors (Lipinski definition) is 1. The highest BCUT2D eigenvalue weighted by Crippen LogP contribution is 2.18. The van der Waals surface area contributed by atoms with Crippen molar-refractivity contribution in [2.45, 2.75) is 52.9 Å². The summed E-state index contributed by atoms with van der Waals surface area (Å²) < 4.78 is 5.40. The molecule has 2 nitrogen and oxygen atoms in total. The van der Waals surface area contributed by atoms with Gasteiger partial charge >= 0.3 is 0 Å². The molecular weight excluding hydrogens is 140 g/mol. The first-order valence-corrected chi connectivity index (χ1v) is 4.25. The summed E-state index contributed by atoms with van der Waals surface area (Å²) in [6, 6.07) is 0. The summed E-state index contributed by atoms with van der Waals surface area (Å²) >= 11 is 0. The number of hydrogen-bond acceptors (Lipinski definition) is 2. The highest BCUT2D eigenvalue weighted by molar-refractivity contribution is 4.66. The van der Waals surface area contributed by atoms with Crippen molar-refractivity contribution in [1.29, 1.82) is 0 Å². The zero-order valence-corrected chi connectivity index (χ0v) is 8.22. The second-order valence-electron chi connectivity index (χ2n) is 3.87. The molecule has 11 heavy (non-hydrogen) atoms. The normalized spacial score (nSPS) is 15.5. The van der Waals surface area contributed by atoms with Gasteiger partial charge in [-0.2, -0.15) is 0 Å². The lowest BCUT2D eigenvalue weighted by atomic mass is 10.1. The topological polar surface area (TPSA) is 29.5 Å². The molecule has 0 radical (unpaired) electrons. The molecule has 0 aliphatic carbocycles. The Bertz CT molecular complexity index is 108. The summed E-state index contributed by atoms with van der Waals surface area (Å²) in [6.07, 6.45) is 0.279. The molecule has 0 unspecified atom stereocenters. The Balaban J connectivity index is 3.83. The molecule has 1 atom stereocenters. The van der Waals surface area contributed by atoms with Crippen LogP contribution >= 0.6 is 0 Å². The van der Waals surface area contributed by atoms with E-state index in [4.69, 9.17) is 4.74 Å². The minimum atomic E-state index is -0.634. The lowest BCUT2D eigenvalue weighted by molar-refractivity contribution is -0.192. The van der Waals surface area contributed by atoms with Gasteiger partial charge < -0.3 is 9.84 Å². The first kappa shape index (κ1) is 10.9. The Morgan fingerprint density at radius 3 is 2.09 bits per heavy atom. The third-order valence-electron chi connectivity index (χ3n) is 1.86. The first-order chi connectivity index (χ1) is 4.89. The lowest BCUT2D eigenvalue weighted by Gasteiger charge is -2.28. The van der Waals surface area contributed by atoms with Gasteiger partial charge in [-0.1, -0.05) is 20.8 Å². The van der Waals surface area contributed by atoms with Gasteiger partial charge in [0.1, 0.15) is 0 Å². The molecule has 0 aromatic heterocycles. The minimum absolute atomic E-state index is 0.167. The maximum Gasteiger partial charge on any atom is 0.157 e. The van der Waals surface area contributed by atoms with Crippen LogP contribution in [0.1, 0.15) is 41.0 Å². The Kier molecular flexibility index (Phi) is 4.04. The van der Waals surface area contributed by atoms with Crippen LogP contribution in [0.3, 0.4) is 0 Å². The van der Waals surface area contributed by atoms with Crippen molar-refractivity contribution in [3.63, 3.8) is 0 Å². The second-order valence-corrected chi connectivity index (χ2v) is 3.87. The number of ether oxygens (including phenoxy) is 1. The van der Waals surface area contributed by atoms with Gasteiger partial charge in [0.15, 0.2) is 6.29 Å². The number of aliphatic hydroxyl groups is 1. The maximum atomic E-state index is 9.37. The Hall–Kier alpha value is -0.0800. The van der Waals surface area contributed by atoms with Gasteiger partial charge in [-0.15, -0.1) is 0 Å². The van der Waals surface area contributed by atoms with Crippen molar-refractivity contribution in [2.75, 3.05) is 0 Å². The largest absolute Gasteiger partial charge is 0.368 e. The van der Waals surface area contributed by atoms with E-state index in [0.29, 0.717) is 0 Å². The molecule has 0 saturated carbocycles. The van der Waals surface area contributed by atoms with Crippen LogP contribution in [0, 0.1) is 5.92 Å². The van der Waals surface area contributed by atoms with E-state index in [1.165, 1.54) is 0 Å². The van der Waals surface area contributed by atoms with Crippen LogP contribution in [0.25, 0.3) is 0 Å². The molecule has 0 amide bonds. The molecule has 0 aliphatic rings. The number of rotatable bonds is 4. The van der Waals surface area contributed by atoms with Crippen molar-refractivity contribution >= 4 is 0 Å². The third-order valence-corrected chi connectivity index (χ3v) is 1.86. The average Bonchev–Trinajstić information content (AvgIpc) is 1.87. The lowest BCUT2D eigenvalue weighted by Crippen LogP contribution is -2.32. The fraction of sp³-hybridized carbons (Fsp3) is 1.00. The minimum Gasteiger partial charge on any atom is -0.368 e. The molecule has 1 N–H and O–H groups in total. The van der Waals surface area contributed by atoms with Gasteiger partial charge in [0, 0.05) is 5.92 Å². The third kappa shape index (κ3) is 4.38. The Labute approximate surface area is 69.6 Å². The molecule has 0 fully saturated rings. The maximum absolute atomic E-state index is 9.37. The van der Waals surface area contributed by atoms with Crippen LogP contribution in [0.4, 0.5) is 0 Å². The zero-order valence-electron chi connectivity index (χ0n) is 8.22. The van der Waals surface area contributed by atoms with Crippen molar-refractivity contribution in [1.82, 2.24) is 0 Å². The molecule has 0 aliphatic heterocycles. The van der Waals surface area contributed by atoms with E-state index in [1.54, 1.807) is 0 Å². The van der Waals surface area contributed by atoms with E-state index in [2.05, 4.69) is 0 Å². The van der Waals surface area contributed by atoms with Gasteiger partial charge in [0.2, 0.25) is 0 Å². The summed E-state index contributed by atoms with van der Waals surface area (Å²) in [5, 5.41) is 9.37. The quantitative estimate of drug-likeness (QED) is 0.639. The molecule has 0 aromatic rings. The van der Waals surface area contributed by atoms with Crippen molar-refractivity contribution in [3.05, 3.63) is 0 Å².